The molecule has 0 aromatic carbocycles. The monoisotopic (exact) mass is 330 g/mol. The highest BCUT2D eigenvalue weighted by molar-refractivity contribution is 5.69. The van der Waals surface area contributed by atoms with Crippen molar-refractivity contribution in [3.05, 3.63) is 11.8 Å². The maximum absolute atomic E-state index is 11.8. The lowest BCUT2D eigenvalue weighted by Crippen LogP contribution is -2.44. The quantitative estimate of drug-likeness (QED) is 0.449. The predicted octanol–water partition coefficient (Wildman–Crippen LogP) is 2.16. The van der Waals surface area contributed by atoms with Crippen molar-refractivity contribution >= 4 is 5.97 Å². The summed E-state index contributed by atoms with van der Waals surface area (Å²) in [6, 6.07) is 0. The third kappa shape index (κ3) is 3.59. The van der Waals surface area contributed by atoms with Gasteiger partial charge >= 0.3 is 5.97 Å². The molecule has 0 bridgehead atoms. The van der Waals surface area contributed by atoms with E-state index in [2.05, 4.69) is 23.9 Å². The molecule has 0 unspecified atom stereocenters. The summed E-state index contributed by atoms with van der Waals surface area (Å²) >= 11 is 0. The highest BCUT2D eigenvalue weighted by atomic mass is 16.7. The van der Waals surface area contributed by atoms with Gasteiger partial charge in [0.25, 0.3) is 0 Å². The molecular formula is C19H22O5. The number of fused-ring (bicyclic) bond motifs is 2. The van der Waals surface area contributed by atoms with Crippen LogP contribution in [0.4, 0.5) is 0 Å². The number of carbonyl (C=O) groups is 1. The lowest BCUT2D eigenvalue weighted by Gasteiger charge is -2.35. The maximum Gasteiger partial charge on any atom is 0.306 e. The average Bonchev–Trinajstić information content (AvgIpc) is 3.28. The van der Waals surface area contributed by atoms with Gasteiger partial charge in [-0.25, -0.2) is 0 Å². The van der Waals surface area contributed by atoms with Gasteiger partial charge in [-0.15, -0.1) is 0 Å². The predicted molar refractivity (Wildman–Crippen MR) is 86.3 cm³/mol. The van der Waals surface area contributed by atoms with Gasteiger partial charge in [-0.3, -0.25) is 4.79 Å². The van der Waals surface area contributed by atoms with Crippen LogP contribution >= 0.6 is 0 Å². The van der Waals surface area contributed by atoms with Gasteiger partial charge in [-0.2, -0.15) is 0 Å². The van der Waals surface area contributed by atoms with E-state index in [1.54, 1.807) is 6.92 Å². The lowest BCUT2D eigenvalue weighted by atomic mass is 9.91. The molecule has 3 rings (SSSR count). The number of esters is 1. The third-order valence-electron chi connectivity index (χ3n) is 4.32. The Kier molecular flexibility index (Phi) is 4.85. The molecule has 5 heteroatoms. The molecule has 0 aromatic rings. The highest BCUT2D eigenvalue weighted by Crippen LogP contribution is 2.51. The van der Waals surface area contributed by atoms with E-state index >= 15 is 0 Å². The van der Waals surface area contributed by atoms with Gasteiger partial charge in [0.2, 0.25) is 0 Å². The van der Waals surface area contributed by atoms with Crippen LogP contribution in [0, 0.1) is 29.8 Å². The average molecular weight is 330 g/mol. The molecule has 1 aliphatic carbocycles. The normalized spacial score (nSPS) is 32.8. The van der Waals surface area contributed by atoms with Gasteiger partial charge < -0.3 is 18.9 Å². The number of hydrogen-bond donors (Lipinski definition) is 0. The number of epoxide rings is 1. The van der Waals surface area contributed by atoms with Crippen LogP contribution in [0.2, 0.25) is 0 Å². The van der Waals surface area contributed by atoms with Gasteiger partial charge in [0.1, 0.15) is 35.8 Å². The third-order valence-corrected chi connectivity index (χ3v) is 4.32. The molecule has 0 N–H and O–H groups in total. The van der Waals surface area contributed by atoms with E-state index in [1.807, 2.05) is 19.9 Å². The second kappa shape index (κ2) is 6.89. The van der Waals surface area contributed by atoms with E-state index in [0.717, 1.165) is 12.8 Å². The van der Waals surface area contributed by atoms with Crippen LogP contribution < -0.4 is 0 Å². The first-order valence-corrected chi connectivity index (χ1v) is 8.34. The fraction of sp³-hybridized carbons (Fsp3) is 0.632. The van der Waals surface area contributed by atoms with Crippen molar-refractivity contribution in [1.82, 2.24) is 0 Å². The summed E-state index contributed by atoms with van der Waals surface area (Å²) in [5.41, 5.74) is -0.473. The topological polar surface area (TPSA) is 57.3 Å². The zero-order chi connectivity index (χ0) is 17.2. The van der Waals surface area contributed by atoms with Crippen molar-refractivity contribution < 1.29 is 23.7 Å². The van der Waals surface area contributed by atoms with Crippen LogP contribution in [0.15, 0.2) is 11.8 Å². The number of rotatable bonds is 4. The summed E-state index contributed by atoms with van der Waals surface area (Å²) in [6.07, 6.45) is 6.19. The van der Waals surface area contributed by atoms with Gasteiger partial charge in [-0.1, -0.05) is 19.8 Å². The number of carbonyl (C=O) groups excluding carboxylic acids is 1. The Morgan fingerprint density at radius 2 is 2.29 bits per heavy atom. The first kappa shape index (κ1) is 16.9. The molecule has 0 saturated carbocycles. The van der Waals surface area contributed by atoms with Crippen molar-refractivity contribution in [3.63, 3.8) is 0 Å². The van der Waals surface area contributed by atoms with E-state index in [-0.39, 0.29) is 24.3 Å². The first-order valence-electron chi connectivity index (χ1n) is 8.34. The molecule has 128 valence electrons. The second-order valence-corrected chi connectivity index (χ2v) is 6.74. The Bertz CT molecular complexity index is 647. The van der Waals surface area contributed by atoms with Gasteiger partial charge in [0.05, 0.1) is 6.61 Å². The first-order chi connectivity index (χ1) is 11.5. The summed E-state index contributed by atoms with van der Waals surface area (Å²) in [5.74, 6) is 8.75. The van der Waals surface area contributed by atoms with Crippen LogP contribution in [0.1, 0.15) is 40.0 Å². The zero-order valence-electron chi connectivity index (χ0n) is 14.3. The van der Waals surface area contributed by atoms with E-state index in [0.29, 0.717) is 24.7 Å². The van der Waals surface area contributed by atoms with Gasteiger partial charge in [0.15, 0.2) is 0 Å². The summed E-state index contributed by atoms with van der Waals surface area (Å²) in [7, 11) is 0. The van der Waals surface area contributed by atoms with E-state index in [9.17, 15) is 4.79 Å². The smallest absolute Gasteiger partial charge is 0.306 e. The minimum Gasteiger partial charge on any atom is -0.460 e. The molecule has 24 heavy (non-hydrogen) atoms. The molecule has 2 fully saturated rings. The highest BCUT2D eigenvalue weighted by Gasteiger charge is 2.63. The van der Waals surface area contributed by atoms with Crippen molar-refractivity contribution in [1.29, 1.82) is 0 Å². The van der Waals surface area contributed by atoms with Gasteiger partial charge in [0, 0.05) is 12.3 Å². The molecular weight excluding hydrogens is 308 g/mol. The fourth-order valence-electron chi connectivity index (χ4n) is 3.15. The molecule has 0 amide bonds. The molecule has 3 aliphatic rings. The maximum atomic E-state index is 11.8. The molecule has 2 heterocycles. The summed E-state index contributed by atoms with van der Waals surface area (Å²) < 4.78 is 22.6. The Balaban J connectivity index is 1.54. The van der Waals surface area contributed by atoms with Crippen molar-refractivity contribution in [3.8, 4) is 23.9 Å². The molecule has 5 nitrogen and oxygen atoms in total. The van der Waals surface area contributed by atoms with Crippen LogP contribution in [-0.2, 0) is 23.7 Å². The second-order valence-electron chi connectivity index (χ2n) is 6.74. The molecule has 1 spiro atoms. The zero-order valence-corrected chi connectivity index (χ0v) is 14.3. The van der Waals surface area contributed by atoms with Crippen LogP contribution in [-0.4, -0.2) is 36.5 Å². The SMILES string of the molecule is CC#CC#COC1=C[C@@]2(CC[C@@H](OC(=O)CC(C)C)CO2)[C@@H]2O[C@H]12. The summed E-state index contributed by atoms with van der Waals surface area (Å²) in [6.45, 7) is 6.10. The van der Waals surface area contributed by atoms with Gasteiger partial charge in [-0.05, 0) is 37.7 Å². The Labute approximate surface area is 142 Å². The van der Waals surface area contributed by atoms with Crippen LogP contribution in [0.25, 0.3) is 0 Å². The molecule has 2 saturated heterocycles. The Morgan fingerprint density at radius 1 is 1.46 bits per heavy atom. The van der Waals surface area contributed by atoms with Crippen LogP contribution in [0.5, 0.6) is 0 Å². The summed E-state index contributed by atoms with van der Waals surface area (Å²) in [5, 5.41) is 0. The largest absolute Gasteiger partial charge is 0.460 e. The molecule has 0 radical (unpaired) electrons. The van der Waals surface area contributed by atoms with Crippen LogP contribution in [0.3, 0.4) is 0 Å². The lowest BCUT2D eigenvalue weighted by molar-refractivity contribution is -0.166. The van der Waals surface area contributed by atoms with E-state index < -0.39 is 5.60 Å². The van der Waals surface area contributed by atoms with Crippen molar-refractivity contribution in [2.75, 3.05) is 6.61 Å². The molecule has 4 atom stereocenters. The Morgan fingerprint density at radius 3 is 2.96 bits per heavy atom. The minimum absolute atomic E-state index is 0.0149. The fourth-order valence-corrected chi connectivity index (χ4v) is 3.15. The Hall–Kier alpha value is -1.95. The minimum atomic E-state index is -0.473. The summed E-state index contributed by atoms with van der Waals surface area (Å²) in [4.78, 5) is 11.8. The number of ether oxygens (including phenoxy) is 4. The number of hydrogen-bond acceptors (Lipinski definition) is 5. The van der Waals surface area contributed by atoms with E-state index in [4.69, 9.17) is 18.9 Å². The molecule has 2 aliphatic heterocycles. The standard InChI is InChI=1S/C19H22O5/c1-4-5-6-9-21-15-11-19(18-17(15)24-18)8-7-14(12-22-19)23-16(20)10-13(2)3/h11,13-14,17-18H,7-8,10,12H2,1-3H3/t14-,17-,18-,19+/m1/s1. The van der Waals surface area contributed by atoms with E-state index in [1.165, 1.54) is 0 Å². The van der Waals surface area contributed by atoms with Crippen molar-refractivity contribution in [2.24, 2.45) is 5.92 Å². The van der Waals surface area contributed by atoms with Crippen molar-refractivity contribution in [2.45, 2.75) is 63.9 Å². The molecule has 0 aromatic heterocycles.